The number of benzene rings is 1. The Kier molecular flexibility index (Phi) is 2.30. The Labute approximate surface area is 112 Å². The van der Waals surface area contributed by atoms with Gasteiger partial charge >= 0.3 is 0 Å². The maximum atomic E-state index is 6.02. The number of hydrogen-bond donors (Lipinski definition) is 1. The average molecular weight is 258 g/mol. The highest BCUT2D eigenvalue weighted by Gasteiger charge is 2.25. The zero-order chi connectivity index (χ0) is 13.0. The summed E-state index contributed by atoms with van der Waals surface area (Å²) < 4.78 is 13.4. The molecule has 4 rings (SSSR count). The van der Waals surface area contributed by atoms with Crippen LogP contribution in [0.2, 0.25) is 0 Å². The fourth-order valence-electron chi connectivity index (χ4n) is 3.36. The molecule has 19 heavy (non-hydrogen) atoms. The molecule has 1 aromatic heterocycles. The lowest BCUT2D eigenvalue weighted by molar-refractivity contribution is 0.174. The molecule has 0 saturated carbocycles. The van der Waals surface area contributed by atoms with Crippen molar-refractivity contribution in [1.29, 1.82) is 0 Å². The Morgan fingerprint density at radius 3 is 2.89 bits per heavy atom. The normalized spacial score (nSPS) is 18.0. The smallest absolute Gasteiger partial charge is 0.231 e. The lowest BCUT2D eigenvalue weighted by Crippen LogP contribution is -2.18. The number of aryl methyl sites for hydroxylation is 1. The molecule has 0 aliphatic carbocycles. The summed E-state index contributed by atoms with van der Waals surface area (Å²) in [5, 5.41) is 1.29. The van der Waals surface area contributed by atoms with E-state index in [1.807, 2.05) is 0 Å². The first-order valence-electron chi connectivity index (χ1n) is 6.93. The van der Waals surface area contributed by atoms with Gasteiger partial charge in [0.15, 0.2) is 11.5 Å². The number of hydrogen-bond acceptors (Lipinski definition) is 3. The zero-order valence-electron chi connectivity index (χ0n) is 11.1. The zero-order valence-corrected chi connectivity index (χ0v) is 11.1. The highest BCUT2D eigenvalue weighted by atomic mass is 16.7. The van der Waals surface area contributed by atoms with Crippen LogP contribution in [0.1, 0.15) is 24.6 Å². The van der Waals surface area contributed by atoms with E-state index in [-0.39, 0.29) is 6.04 Å². The van der Waals surface area contributed by atoms with Crippen molar-refractivity contribution >= 4 is 10.9 Å². The minimum Gasteiger partial charge on any atom is -0.454 e. The van der Waals surface area contributed by atoms with Crippen LogP contribution in [0.4, 0.5) is 0 Å². The maximum Gasteiger partial charge on any atom is 0.231 e. The summed E-state index contributed by atoms with van der Waals surface area (Å²) in [6, 6.07) is 4.43. The third-order valence-electron chi connectivity index (χ3n) is 4.10. The Morgan fingerprint density at radius 2 is 2.11 bits per heavy atom. The van der Waals surface area contributed by atoms with Crippen molar-refractivity contribution in [3.8, 4) is 11.5 Å². The van der Waals surface area contributed by atoms with Crippen LogP contribution in [0.15, 0.2) is 12.1 Å². The van der Waals surface area contributed by atoms with Crippen LogP contribution in [0.5, 0.6) is 11.5 Å². The van der Waals surface area contributed by atoms with E-state index in [4.69, 9.17) is 15.2 Å². The first kappa shape index (κ1) is 11.2. The molecule has 2 aromatic rings. The summed E-state index contributed by atoms with van der Waals surface area (Å²) in [4.78, 5) is 0. The summed E-state index contributed by atoms with van der Waals surface area (Å²) in [6.07, 6.45) is 3.31. The highest BCUT2D eigenvalue weighted by Crippen LogP contribution is 2.41. The van der Waals surface area contributed by atoms with Crippen LogP contribution in [0.25, 0.3) is 10.9 Å². The molecule has 0 radical (unpaired) electrons. The summed E-state index contributed by atoms with van der Waals surface area (Å²) >= 11 is 0. The summed E-state index contributed by atoms with van der Waals surface area (Å²) in [5.41, 5.74) is 10.1. The van der Waals surface area contributed by atoms with Crippen LogP contribution in [0, 0.1) is 0 Å². The molecule has 0 spiro atoms. The van der Waals surface area contributed by atoms with Crippen molar-refractivity contribution in [3.05, 3.63) is 23.4 Å². The fourth-order valence-corrected chi connectivity index (χ4v) is 3.36. The molecule has 4 nitrogen and oxygen atoms in total. The van der Waals surface area contributed by atoms with Gasteiger partial charge in [0.05, 0.1) is 5.52 Å². The van der Waals surface area contributed by atoms with E-state index in [2.05, 4.69) is 23.6 Å². The second-order valence-corrected chi connectivity index (χ2v) is 5.58. The highest BCUT2D eigenvalue weighted by molar-refractivity contribution is 5.89. The number of rotatable bonds is 2. The van der Waals surface area contributed by atoms with Gasteiger partial charge in [-0.3, -0.25) is 0 Å². The molecule has 0 bridgehead atoms. The van der Waals surface area contributed by atoms with Crippen LogP contribution in [-0.4, -0.2) is 17.4 Å². The first-order valence-corrected chi connectivity index (χ1v) is 6.93. The van der Waals surface area contributed by atoms with Crippen molar-refractivity contribution < 1.29 is 9.47 Å². The molecular formula is C15H18N2O2. The van der Waals surface area contributed by atoms with Gasteiger partial charge in [-0.25, -0.2) is 0 Å². The topological polar surface area (TPSA) is 49.4 Å². The number of aromatic nitrogens is 1. The molecule has 1 unspecified atom stereocenters. The molecule has 0 saturated heterocycles. The Bertz CT molecular complexity index is 658. The lowest BCUT2D eigenvalue weighted by Gasteiger charge is -2.06. The monoisotopic (exact) mass is 258 g/mol. The quantitative estimate of drug-likeness (QED) is 0.898. The summed E-state index contributed by atoms with van der Waals surface area (Å²) in [6.45, 7) is 3.50. The predicted molar refractivity (Wildman–Crippen MR) is 73.7 cm³/mol. The minimum atomic E-state index is 0.182. The van der Waals surface area contributed by atoms with Crippen LogP contribution in [-0.2, 0) is 19.4 Å². The third-order valence-corrected chi connectivity index (χ3v) is 4.10. The standard InChI is InChI=1S/C15H18N2O2/c1-9(16)5-10-11-6-14-15(19-8-18-14)7-13(11)17-4-2-3-12(10)17/h6-7,9H,2-5,8,16H2,1H3. The van der Waals surface area contributed by atoms with E-state index in [1.165, 1.54) is 28.6 Å². The van der Waals surface area contributed by atoms with Gasteiger partial charge in [0.25, 0.3) is 0 Å². The molecule has 0 fully saturated rings. The number of fused-ring (bicyclic) bond motifs is 4. The van der Waals surface area contributed by atoms with Gasteiger partial charge in [0.1, 0.15) is 0 Å². The second kappa shape index (κ2) is 3.90. The second-order valence-electron chi connectivity index (χ2n) is 5.58. The van der Waals surface area contributed by atoms with Gasteiger partial charge in [-0.05, 0) is 37.8 Å². The predicted octanol–water partition coefficient (Wildman–Crippen LogP) is 2.21. The van der Waals surface area contributed by atoms with Crippen molar-refractivity contribution in [1.82, 2.24) is 4.57 Å². The van der Waals surface area contributed by atoms with E-state index in [9.17, 15) is 0 Å². The van der Waals surface area contributed by atoms with Crippen molar-refractivity contribution in [2.75, 3.05) is 6.79 Å². The molecule has 1 aromatic carbocycles. The van der Waals surface area contributed by atoms with E-state index in [0.717, 1.165) is 30.9 Å². The Hall–Kier alpha value is -1.68. The van der Waals surface area contributed by atoms with Gasteiger partial charge < -0.3 is 19.8 Å². The van der Waals surface area contributed by atoms with E-state index < -0.39 is 0 Å². The summed E-state index contributed by atoms with van der Waals surface area (Å²) in [7, 11) is 0. The fraction of sp³-hybridized carbons (Fsp3) is 0.467. The number of nitrogens with two attached hydrogens (primary N) is 1. The SMILES string of the molecule is CC(N)Cc1c2n(c3cc4c(cc13)OCO4)CCC2. The largest absolute Gasteiger partial charge is 0.454 e. The molecule has 2 N–H and O–H groups in total. The van der Waals surface area contributed by atoms with E-state index >= 15 is 0 Å². The van der Waals surface area contributed by atoms with Crippen LogP contribution < -0.4 is 15.2 Å². The van der Waals surface area contributed by atoms with Gasteiger partial charge in [0, 0.05) is 29.7 Å². The van der Waals surface area contributed by atoms with Crippen LogP contribution in [0.3, 0.4) is 0 Å². The van der Waals surface area contributed by atoms with Crippen molar-refractivity contribution in [2.45, 2.75) is 38.8 Å². The van der Waals surface area contributed by atoms with Crippen molar-refractivity contribution in [2.24, 2.45) is 5.73 Å². The molecule has 4 heteroatoms. The third kappa shape index (κ3) is 1.56. The molecule has 1 atom stereocenters. The molecular weight excluding hydrogens is 240 g/mol. The number of nitrogens with zero attached hydrogens (tertiary/aromatic N) is 1. The lowest BCUT2D eigenvalue weighted by atomic mass is 10.0. The van der Waals surface area contributed by atoms with E-state index in [1.54, 1.807) is 0 Å². The van der Waals surface area contributed by atoms with Gasteiger partial charge in [-0.1, -0.05) is 0 Å². The molecule has 2 aliphatic heterocycles. The first-order chi connectivity index (χ1) is 9.24. The average Bonchev–Trinajstić information content (AvgIpc) is 3.05. The maximum absolute atomic E-state index is 6.02. The summed E-state index contributed by atoms with van der Waals surface area (Å²) in [5.74, 6) is 1.73. The van der Waals surface area contributed by atoms with Crippen LogP contribution >= 0.6 is 0 Å². The van der Waals surface area contributed by atoms with Gasteiger partial charge in [-0.15, -0.1) is 0 Å². The minimum absolute atomic E-state index is 0.182. The Morgan fingerprint density at radius 1 is 1.32 bits per heavy atom. The van der Waals surface area contributed by atoms with E-state index in [0.29, 0.717) is 6.79 Å². The van der Waals surface area contributed by atoms with Gasteiger partial charge in [-0.2, -0.15) is 0 Å². The Balaban J connectivity index is 1.98. The molecule has 3 heterocycles. The molecule has 100 valence electrons. The van der Waals surface area contributed by atoms with Crippen molar-refractivity contribution in [3.63, 3.8) is 0 Å². The number of ether oxygens (including phenoxy) is 2. The van der Waals surface area contributed by atoms with Gasteiger partial charge in [0.2, 0.25) is 6.79 Å². The molecule has 0 amide bonds. The molecule has 2 aliphatic rings.